The SMILES string of the molecule is COc1ccc(CNC(=O)Cc2c(C)c3cc4c(C)c(C)oc4cc3oc2=O)cc1OC. The third-order valence-corrected chi connectivity index (χ3v) is 5.86. The number of hydrogen-bond acceptors (Lipinski definition) is 6. The molecular formula is C25H25NO6. The average Bonchev–Trinajstić information content (AvgIpc) is 3.06. The van der Waals surface area contributed by atoms with Gasteiger partial charge < -0.3 is 23.6 Å². The smallest absolute Gasteiger partial charge is 0.340 e. The molecular weight excluding hydrogens is 410 g/mol. The van der Waals surface area contributed by atoms with Crippen LogP contribution in [0.15, 0.2) is 44.0 Å². The second-order valence-corrected chi connectivity index (χ2v) is 7.76. The lowest BCUT2D eigenvalue weighted by Crippen LogP contribution is -2.27. The van der Waals surface area contributed by atoms with Crippen LogP contribution < -0.4 is 20.4 Å². The number of benzene rings is 2. The highest BCUT2D eigenvalue weighted by Gasteiger charge is 2.17. The summed E-state index contributed by atoms with van der Waals surface area (Å²) >= 11 is 0. The van der Waals surface area contributed by atoms with E-state index in [1.165, 1.54) is 0 Å². The monoisotopic (exact) mass is 435 g/mol. The molecule has 0 bridgehead atoms. The van der Waals surface area contributed by atoms with Crippen LogP contribution in [0.4, 0.5) is 0 Å². The molecule has 2 aromatic heterocycles. The van der Waals surface area contributed by atoms with E-state index in [2.05, 4.69) is 5.32 Å². The van der Waals surface area contributed by atoms with Gasteiger partial charge in [-0.25, -0.2) is 4.79 Å². The Balaban J connectivity index is 1.58. The first-order valence-corrected chi connectivity index (χ1v) is 10.3. The number of nitrogens with one attached hydrogen (secondary N) is 1. The first kappa shape index (κ1) is 21.5. The Hall–Kier alpha value is -3.74. The van der Waals surface area contributed by atoms with Crippen molar-refractivity contribution in [2.75, 3.05) is 14.2 Å². The van der Waals surface area contributed by atoms with Crippen LogP contribution in [-0.4, -0.2) is 20.1 Å². The zero-order chi connectivity index (χ0) is 23.0. The van der Waals surface area contributed by atoms with E-state index >= 15 is 0 Å². The van der Waals surface area contributed by atoms with Gasteiger partial charge in [-0.15, -0.1) is 0 Å². The Bertz CT molecular complexity index is 1400. The van der Waals surface area contributed by atoms with Crippen molar-refractivity contribution < 1.29 is 23.1 Å². The van der Waals surface area contributed by atoms with Crippen molar-refractivity contribution in [3.05, 3.63) is 68.8 Å². The summed E-state index contributed by atoms with van der Waals surface area (Å²) in [6, 6.07) is 9.12. The molecule has 0 spiro atoms. The van der Waals surface area contributed by atoms with Gasteiger partial charge in [0, 0.05) is 23.4 Å². The molecule has 0 unspecified atom stereocenters. The fourth-order valence-electron chi connectivity index (χ4n) is 3.84. The molecule has 0 saturated carbocycles. The summed E-state index contributed by atoms with van der Waals surface area (Å²) in [6.45, 7) is 6.02. The first-order chi connectivity index (χ1) is 15.3. The number of fused-ring (bicyclic) bond motifs is 2. The summed E-state index contributed by atoms with van der Waals surface area (Å²) in [5.74, 6) is 1.75. The van der Waals surface area contributed by atoms with Crippen molar-refractivity contribution in [3.63, 3.8) is 0 Å². The third-order valence-electron chi connectivity index (χ3n) is 5.86. The lowest BCUT2D eigenvalue weighted by Gasteiger charge is -2.11. The van der Waals surface area contributed by atoms with Crippen LogP contribution in [0.5, 0.6) is 11.5 Å². The molecule has 0 saturated heterocycles. The average molecular weight is 435 g/mol. The molecule has 2 heterocycles. The Morgan fingerprint density at radius 1 is 0.906 bits per heavy atom. The van der Waals surface area contributed by atoms with Gasteiger partial charge in [-0.2, -0.15) is 0 Å². The summed E-state index contributed by atoms with van der Waals surface area (Å²) in [6.07, 6.45) is -0.0706. The standard InChI is InChI=1S/C25H25NO6/c1-13-15(3)31-21-11-22-18(9-17(13)21)14(2)19(25(28)32-22)10-24(27)26-12-16-6-7-20(29-4)23(8-16)30-5/h6-9,11H,10,12H2,1-5H3,(H,26,27). The molecule has 32 heavy (non-hydrogen) atoms. The number of furan rings is 1. The Labute approximate surface area is 184 Å². The minimum atomic E-state index is -0.518. The van der Waals surface area contributed by atoms with Crippen LogP contribution in [0, 0.1) is 20.8 Å². The van der Waals surface area contributed by atoms with Crippen LogP contribution in [0.2, 0.25) is 0 Å². The van der Waals surface area contributed by atoms with Gasteiger partial charge in [0.2, 0.25) is 5.91 Å². The van der Waals surface area contributed by atoms with E-state index in [1.807, 2.05) is 32.9 Å². The number of ether oxygens (including phenoxy) is 2. The van der Waals surface area contributed by atoms with Gasteiger partial charge in [0.25, 0.3) is 0 Å². The second-order valence-electron chi connectivity index (χ2n) is 7.76. The van der Waals surface area contributed by atoms with Gasteiger partial charge in [-0.3, -0.25) is 4.79 Å². The third kappa shape index (κ3) is 3.82. The van der Waals surface area contributed by atoms with Gasteiger partial charge in [0.15, 0.2) is 11.5 Å². The van der Waals surface area contributed by atoms with Crippen molar-refractivity contribution in [3.8, 4) is 11.5 Å². The van der Waals surface area contributed by atoms with Gasteiger partial charge in [0.1, 0.15) is 16.9 Å². The highest BCUT2D eigenvalue weighted by Crippen LogP contribution is 2.31. The molecule has 1 amide bonds. The van der Waals surface area contributed by atoms with Crippen LogP contribution >= 0.6 is 0 Å². The predicted octanol–water partition coefficient (Wildman–Crippen LogP) is 4.34. The van der Waals surface area contributed by atoms with Crippen molar-refractivity contribution in [2.45, 2.75) is 33.7 Å². The maximum atomic E-state index is 12.6. The molecule has 0 aliphatic heterocycles. The predicted molar refractivity (Wildman–Crippen MR) is 122 cm³/mol. The number of amides is 1. The molecule has 0 aliphatic carbocycles. The molecule has 0 radical (unpaired) electrons. The fourth-order valence-corrected chi connectivity index (χ4v) is 3.84. The number of hydrogen-bond donors (Lipinski definition) is 1. The quantitative estimate of drug-likeness (QED) is 0.453. The van der Waals surface area contributed by atoms with E-state index in [-0.39, 0.29) is 12.3 Å². The van der Waals surface area contributed by atoms with E-state index in [4.69, 9.17) is 18.3 Å². The summed E-state index contributed by atoms with van der Waals surface area (Å²) in [5.41, 5.74) is 3.58. The van der Waals surface area contributed by atoms with Crippen molar-refractivity contribution in [2.24, 2.45) is 0 Å². The molecule has 7 nitrogen and oxygen atoms in total. The Kier molecular flexibility index (Phi) is 5.65. The van der Waals surface area contributed by atoms with Gasteiger partial charge >= 0.3 is 5.63 Å². The van der Waals surface area contributed by atoms with E-state index in [0.717, 1.165) is 33.2 Å². The summed E-state index contributed by atoms with van der Waals surface area (Å²) in [5, 5.41) is 4.61. The Morgan fingerprint density at radius 3 is 2.31 bits per heavy atom. The van der Waals surface area contributed by atoms with Crippen LogP contribution in [0.1, 0.15) is 28.0 Å². The maximum absolute atomic E-state index is 12.6. The minimum absolute atomic E-state index is 0.0706. The van der Waals surface area contributed by atoms with E-state index in [0.29, 0.717) is 34.8 Å². The topological polar surface area (TPSA) is 90.9 Å². The molecule has 7 heteroatoms. The van der Waals surface area contributed by atoms with Gasteiger partial charge in [0.05, 0.1) is 26.2 Å². The molecule has 0 atom stereocenters. The van der Waals surface area contributed by atoms with Crippen LogP contribution in [-0.2, 0) is 17.8 Å². The number of carbonyl (C=O) groups is 1. The van der Waals surface area contributed by atoms with Crippen LogP contribution in [0.3, 0.4) is 0 Å². The van der Waals surface area contributed by atoms with E-state index in [1.54, 1.807) is 32.4 Å². The summed E-state index contributed by atoms with van der Waals surface area (Å²) in [7, 11) is 3.12. The highest BCUT2D eigenvalue weighted by atomic mass is 16.5. The van der Waals surface area contributed by atoms with E-state index < -0.39 is 5.63 Å². The summed E-state index contributed by atoms with van der Waals surface area (Å²) in [4.78, 5) is 25.2. The molecule has 166 valence electrons. The van der Waals surface area contributed by atoms with Crippen LogP contribution in [0.25, 0.3) is 21.9 Å². The number of aryl methyl sites for hydroxylation is 3. The zero-order valence-corrected chi connectivity index (χ0v) is 18.8. The number of rotatable bonds is 6. The van der Waals surface area contributed by atoms with Crippen molar-refractivity contribution in [1.82, 2.24) is 5.32 Å². The normalized spacial score (nSPS) is 11.2. The zero-order valence-electron chi connectivity index (χ0n) is 18.8. The molecule has 0 fully saturated rings. The fraction of sp³-hybridized carbons (Fsp3) is 0.280. The van der Waals surface area contributed by atoms with Gasteiger partial charge in [-0.1, -0.05) is 6.07 Å². The number of carbonyl (C=O) groups excluding carboxylic acids is 1. The van der Waals surface area contributed by atoms with Crippen molar-refractivity contribution >= 4 is 27.8 Å². The molecule has 4 rings (SSSR count). The molecule has 0 aliphatic rings. The Morgan fingerprint density at radius 2 is 1.59 bits per heavy atom. The molecule has 4 aromatic rings. The van der Waals surface area contributed by atoms with Crippen molar-refractivity contribution in [1.29, 1.82) is 0 Å². The lowest BCUT2D eigenvalue weighted by atomic mass is 10.0. The highest BCUT2D eigenvalue weighted by molar-refractivity contribution is 5.97. The van der Waals surface area contributed by atoms with Gasteiger partial charge in [-0.05, 0) is 55.7 Å². The first-order valence-electron chi connectivity index (χ1n) is 10.3. The number of methoxy groups -OCH3 is 2. The molecule has 2 aromatic carbocycles. The molecule has 1 N–H and O–H groups in total. The largest absolute Gasteiger partial charge is 0.493 e. The lowest BCUT2D eigenvalue weighted by molar-refractivity contribution is -0.120. The minimum Gasteiger partial charge on any atom is -0.493 e. The second kappa shape index (κ2) is 8.42. The summed E-state index contributed by atoms with van der Waals surface area (Å²) < 4.78 is 21.8. The maximum Gasteiger partial charge on any atom is 0.340 e. The van der Waals surface area contributed by atoms with E-state index in [9.17, 15) is 9.59 Å².